The maximum absolute atomic E-state index is 10.1. The highest BCUT2D eigenvalue weighted by Crippen LogP contribution is 1.75. The first-order chi connectivity index (χ1) is 5.04. The zero-order chi connectivity index (χ0) is 8.85. The molecule has 0 saturated heterocycles. The molecule has 0 aliphatic heterocycles. The minimum Gasteiger partial charge on any atom is -0.480 e. The van der Waals surface area contributed by atoms with Crippen molar-refractivity contribution in [3.05, 3.63) is 0 Å². The van der Waals surface area contributed by atoms with Crippen molar-refractivity contribution >= 4 is 11.9 Å². The van der Waals surface area contributed by atoms with Crippen molar-refractivity contribution in [3.63, 3.8) is 0 Å². The molecule has 0 aliphatic rings. The van der Waals surface area contributed by atoms with E-state index in [1.807, 2.05) is 0 Å². The summed E-state index contributed by atoms with van der Waals surface area (Å²) in [6, 6.07) is -0.797. The van der Waals surface area contributed by atoms with E-state index >= 15 is 0 Å². The van der Waals surface area contributed by atoms with Crippen molar-refractivity contribution in [2.24, 2.45) is 0 Å². The molecule has 6 nitrogen and oxygen atoms in total. The Morgan fingerprint density at radius 2 is 2.00 bits per heavy atom. The number of aliphatic carboxylic acids is 2. The molecule has 11 heavy (non-hydrogen) atoms. The van der Waals surface area contributed by atoms with Gasteiger partial charge in [-0.05, 0) is 6.92 Å². The van der Waals surface area contributed by atoms with Gasteiger partial charge in [-0.1, -0.05) is 0 Å². The molecule has 0 heterocycles. The average Bonchev–Trinajstić information content (AvgIpc) is 1.86. The highest BCUT2D eigenvalue weighted by Gasteiger charge is 2.08. The minimum atomic E-state index is -1.05. The smallest absolute Gasteiger partial charge is 0.321 e. The third kappa shape index (κ3) is 5.31. The van der Waals surface area contributed by atoms with Gasteiger partial charge in [0.1, 0.15) is 12.6 Å². The molecule has 0 spiro atoms. The van der Waals surface area contributed by atoms with Crippen molar-refractivity contribution in [2.75, 3.05) is 6.54 Å². The first-order valence-corrected chi connectivity index (χ1v) is 2.97. The van der Waals surface area contributed by atoms with Crippen molar-refractivity contribution in [3.8, 4) is 0 Å². The summed E-state index contributed by atoms with van der Waals surface area (Å²) in [5.41, 5.74) is 4.52. The van der Waals surface area contributed by atoms with Crippen LogP contribution in [-0.4, -0.2) is 34.7 Å². The maximum Gasteiger partial charge on any atom is 0.321 e. The maximum atomic E-state index is 10.1. The molecular weight excluding hydrogens is 152 g/mol. The number of carboxylic acid groups (broad SMARTS) is 2. The zero-order valence-electron chi connectivity index (χ0n) is 6.00. The van der Waals surface area contributed by atoms with Crippen LogP contribution in [-0.2, 0) is 9.59 Å². The molecule has 1 atom stereocenters. The highest BCUT2D eigenvalue weighted by molar-refractivity contribution is 5.73. The Labute approximate surface area is 63.2 Å². The molecule has 0 unspecified atom stereocenters. The molecule has 0 aliphatic carbocycles. The molecule has 64 valence electrons. The molecule has 0 saturated carbocycles. The summed E-state index contributed by atoms with van der Waals surface area (Å²) in [7, 11) is 0. The fourth-order valence-electron chi connectivity index (χ4n) is 0.341. The largest absolute Gasteiger partial charge is 0.480 e. The molecular formula is C5H10N2O4. The van der Waals surface area contributed by atoms with Gasteiger partial charge in [0.05, 0.1) is 0 Å². The lowest BCUT2D eigenvalue weighted by Gasteiger charge is -2.07. The van der Waals surface area contributed by atoms with Crippen molar-refractivity contribution < 1.29 is 19.8 Å². The Morgan fingerprint density at radius 1 is 1.45 bits per heavy atom. The van der Waals surface area contributed by atoms with Gasteiger partial charge in [0.15, 0.2) is 0 Å². The van der Waals surface area contributed by atoms with E-state index in [-0.39, 0.29) is 6.54 Å². The van der Waals surface area contributed by atoms with E-state index in [2.05, 4.69) is 10.9 Å². The van der Waals surface area contributed by atoms with Crippen LogP contribution in [0.25, 0.3) is 0 Å². The summed E-state index contributed by atoms with van der Waals surface area (Å²) >= 11 is 0. The second kappa shape index (κ2) is 4.64. The number of hydrogen-bond acceptors (Lipinski definition) is 4. The van der Waals surface area contributed by atoms with Crippen LogP contribution in [0.3, 0.4) is 0 Å². The fourth-order valence-corrected chi connectivity index (χ4v) is 0.341. The third-order valence-corrected chi connectivity index (χ3v) is 0.929. The van der Waals surface area contributed by atoms with E-state index in [1.165, 1.54) is 6.92 Å². The van der Waals surface area contributed by atoms with E-state index in [9.17, 15) is 9.59 Å². The zero-order valence-corrected chi connectivity index (χ0v) is 6.00. The van der Waals surface area contributed by atoms with Crippen LogP contribution in [0.4, 0.5) is 0 Å². The lowest BCUT2D eigenvalue weighted by Crippen LogP contribution is -2.45. The number of rotatable bonds is 5. The Balaban J connectivity index is 3.39. The van der Waals surface area contributed by atoms with Gasteiger partial charge in [0.2, 0.25) is 0 Å². The topological polar surface area (TPSA) is 98.7 Å². The van der Waals surface area contributed by atoms with Crippen LogP contribution in [0.5, 0.6) is 0 Å². The van der Waals surface area contributed by atoms with Crippen molar-refractivity contribution in [1.29, 1.82) is 0 Å². The minimum absolute atomic E-state index is 0.308. The Hall–Kier alpha value is -1.14. The van der Waals surface area contributed by atoms with E-state index in [4.69, 9.17) is 10.2 Å². The third-order valence-electron chi connectivity index (χ3n) is 0.929. The van der Waals surface area contributed by atoms with Crippen LogP contribution < -0.4 is 10.9 Å². The summed E-state index contributed by atoms with van der Waals surface area (Å²) < 4.78 is 0. The van der Waals surface area contributed by atoms with Gasteiger partial charge in [0, 0.05) is 0 Å². The summed E-state index contributed by atoms with van der Waals surface area (Å²) in [6.45, 7) is 1.09. The van der Waals surface area contributed by atoms with Gasteiger partial charge >= 0.3 is 11.9 Å². The first-order valence-electron chi connectivity index (χ1n) is 2.97. The molecule has 0 amide bonds. The molecule has 0 radical (unpaired) electrons. The van der Waals surface area contributed by atoms with Crippen LogP contribution in [0.1, 0.15) is 6.92 Å². The SMILES string of the molecule is C[C@H](NNCC(=O)O)C(=O)O. The Bertz CT molecular complexity index is 159. The monoisotopic (exact) mass is 162 g/mol. The van der Waals surface area contributed by atoms with E-state index < -0.39 is 18.0 Å². The Kier molecular flexibility index (Phi) is 4.16. The molecule has 0 fully saturated rings. The normalized spacial score (nSPS) is 12.5. The standard InChI is InChI=1S/C5H10N2O4/c1-3(5(10)11)7-6-2-4(8)9/h3,6-7H,2H2,1H3,(H,8,9)(H,10,11)/t3-/m0/s1. The predicted molar refractivity (Wildman–Crippen MR) is 35.9 cm³/mol. The van der Waals surface area contributed by atoms with Gasteiger partial charge in [0.25, 0.3) is 0 Å². The number of hydrogen-bond donors (Lipinski definition) is 4. The number of nitrogens with one attached hydrogen (secondary N) is 2. The Morgan fingerprint density at radius 3 is 2.36 bits per heavy atom. The number of hydrazine groups is 1. The lowest BCUT2D eigenvalue weighted by molar-refractivity contribution is -0.140. The number of carbonyl (C=O) groups is 2. The van der Waals surface area contributed by atoms with Crippen LogP contribution in [0, 0.1) is 0 Å². The van der Waals surface area contributed by atoms with Gasteiger partial charge in [-0.3, -0.25) is 9.59 Å². The lowest BCUT2D eigenvalue weighted by atomic mass is 10.4. The van der Waals surface area contributed by atoms with Crippen molar-refractivity contribution in [1.82, 2.24) is 10.9 Å². The number of carboxylic acids is 2. The molecule has 0 aromatic carbocycles. The summed E-state index contributed by atoms with van der Waals surface area (Å²) in [6.07, 6.45) is 0. The average molecular weight is 162 g/mol. The second-order valence-electron chi connectivity index (χ2n) is 1.95. The molecule has 4 N–H and O–H groups in total. The van der Waals surface area contributed by atoms with E-state index in [0.29, 0.717) is 0 Å². The van der Waals surface area contributed by atoms with Gasteiger partial charge in [-0.2, -0.15) is 0 Å². The van der Waals surface area contributed by atoms with E-state index in [0.717, 1.165) is 0 Å². The van der Waals surface area contributed by atoms with Crippen LogP contribution in [0.2, 0.25) is 0 Å². The quantitative estimate of drug-likeness (QED) is 0.372. The molecule has 0 rings (SSSR count). The van der Waals surface area contributed by atoms with Gasteiger partial charge in [-0.15, -0.1) is 0 Å². The summed E-state index contributed by atoms with van der Waals surface area (Å²) in [5.74, 6) is -2.09. The highest BCUT2D eigenvalue weighted by atomic mass is 16.4. The first kappa shape index (κ1) is 9.86. The molecule has 6 heteroatoms. The molecule has 0 aromatic heterocycles. The fraction of sp³-hybridized carbons (Fsp3) is 0.600. The van der Waals surface area contributed by atoms with E-state index in [1.54, 1.807) is 0 Å². The van der Waals surface area contributed by atoms with Crippen LogP contribution in [0.15, 0.2) is 0 Å². The van der Waals surface area contributed by atoms with Crippen molar-refractivity contribution in [2.45, 2.75) is 13.0 Å². The summed E-state index contributed by atoms with van der Waals surface area (Å²) in [5, 5.41) is 16.4. The van der Waals surface area contributed by atoms with Gasteiger partial charge in [-0.25, -0.2) is 10.9 Å². The second-order valence-corrected chi connectivity index (χ2v) is 1.95. The van der Waals surface area contributed by atoms with Crippen LogP contribution >= 0.6 is 0 Å². The summed E-state index contributed by atoms with van der Waals surface area (Å²) in [4.78, 5) is 20.0. The molecule has 0 bridgehead atoms. The van der Waals surface area contributed by atoms with Gasteiger partial charge < -0.3 is 10.2 Å². The molecule has 0 aromatic rings. The predicted octanol–water partition coefficient (Wildman–Crippen LogP) is -1.36.